The van der Waals surface area contributed by atoms with E-state index in [9.17, 15) is 25.2 Å². The molecular formula is C12H21NO8S. The van der Waals surface area contributed by atoms with E-state index in [1.807, 2.05) is 0 Å². The van der Waals surface area contributed by atoms with Gasteiger partial charge in [-0.3, -0.25) is 0 Å². The molecule has 0 aliphatic carbocycles. The normalized spacial score (nSPS) is 34.6. The van der Waals surface area contributed by atoms with Crippen molar-refractivity contribution in [3.63, 3.8) is 0 Å². The smallest absolute Gasteiger partial charge is 0.366 e. The van der Waals surface area contributed by atoms with Gasteiger partial charge < -0.3 is 40.3 Å². The SMILES string of the molecule is COC(=O)C1(O)C[C@H](O)[C@@H](NC(C)=S)[C@H]([C@H](O)[C@H](O)CO)O1. The van der Waals surface area contributed by atoms with E-state index in [0.29, 0.717) is 0 Å². The van der Waals surface area contributed by atoms with Crippen molar-refractivity contribution in [2.75, 3.05) is 13.7 Å². The van der Waals surface area contributed by atoms with Crippen molar-refractivity contribution in [3.05, 3.63) is 0 Å². The number of methoxy groups -OCH3 is 1. The maximum absolute atomic E-state index is 11.6. The largest absolute Gasteiger partial charge is 0.465 e. The Balaban J connectivity index is 3.09. The van der Waals surface area contributed by atoms with Crippen molar-refractivity contribution < 1.29 is 39.8 Å². The maximum Gasteiger partial charge on any atom is 0.366 e. The Morgan fingerprint density at radius 2 is 2.14 bits per heavy atom. The summed E-state index contributed by atoms with van der Waals surface area (Å²) in [5.41, 5.74) is 0. The summed E-state index contributed by atoms with van der Waals surface area (Å²) in [7, 11) is 1.02. The van der Waals surface area contributed by atoms with Crippen molar-refractivity contribution in [2.24, 2.45) is 0 Å². The van der Waals surface area contributed by atoms with Crippen LogP contribution in [-0.4, -0.2) is 86.5 Å². The monoisotopic (exact) mass is 339 g/mol. The lowest BCUT2D eigenvalue weighted by Gasteiger charge is -2.45. The summed E-state index contributed by atoms with van der Waals surface area (Å²) in [4.78, 5) is 11.9. The zero-order valence-electron chi connectivity index (χ0n) is 12.2. The van der Waals surface area contributed by atoms with Crippen molar-refractivity contribution in [1.82, 2.24) is 5.32 Å². The number of thiocarbonyl (C=S) groups is 1. The van der Waals surface area contributed by atoms with Crippen LogP contribution in [0.4, 0.5) is 0 Å². The molecule has 6 N–H and O–H groups in total. The fourth-order valence-electron chi connectivity index (χ4n) is 2.29. The number of aliphatic hydroxyl groups excluding tert-OH is 4. The number of hydrogen-bond donors (Lipinski definition) is 6. The Morgan fingerprint density at radius 1 is 1.55 bits per heavy atom. The minimum absolute atomic E-state index is 0.270. The number of rotatable bonds is 5. The third-order valence-corrected chi connectivity index (χ3v) is 3.50. The second kappa shape index (κ2) is 7.59. The maximum atomic E-state index is 11.6. The second-order valence-electron chi connectivity index (χ2n) is 5.10. The van der Waals surface area contributed by atoms with Crippen LogP contribution in [0.5, 0.6) is 0 Å². The molecule has 1 rings (SSSR count). The predicted molar refractivity (Wildman–Crippen MR) is 76.8 cm³/mol. The summed E-state index contributed by atoms with van der Waals surface area (Å²) in [6, 6.07) is -1.00. The molecule has 0 aromatic heterocycles. The van der Waals surface area contributed by atoms with Crippen LogP contribution in [-0.2, 0) is 14.3 Å². The predicted octanol–water partition coefficient (Wildman–Crippen LogP) is -2.98. The summed E-state index contributed by atoms with van der Waals surface area (Å²) in [6.45, 7) is 0.742. The molecule has 22 heavy (non-hydrogen) atoms. The molecule has 1 unspecified atom stereocenters. The summed E-state index contributed by atoms with van der Waals surface area (Å²) in [6.07, 6.45) is -6.57. The van der Waals surface area contributed by atoms with Gasteiger partial charge in [0.25, 0.3) is 5.79 Å². The molecule has 0 amide bonds. The van der Waals surface area contributed by atoms with Crippen molar-refractivity contribution >= 4 is 23.2 Å². The van der Waals surface area contributed by atoms with Crippen molar-refractivity contribution in [1.29, 1.82) is 0 Å². The number of esters is 1. The zero-order chi connectivity index (χ0) is 17.1. The van der Waals surface area contributed by atoms with E-state index >= 15 is 0 Å². The highest BCUT2D eigenvalue weighted by molar-refractivity contribution is 7.80. The molecule has 128 valence electrons. The Morgan fingerprint density at radius 3 is 2.59 bits per heavy atom. The third kappa shape index (κ3) is 4.10. The standard InChI is InChI=1S/C12H21NO8S/c1-5(22)13-8-6(15)3-12(19,11(18)20-2)21-10(8)9(17)7(16)4-14/h6-10,14-17,19H,3-4H2,1-2H3,(H,13,22)/t6-,7+,8+,9+,10+,12?/m0/s1. The number of ether oxygens (including phenoxy) is 2. The van der Waals surface area contributed by atoms with Crippen LogP contribution in [0.1, 0.15) is 13.3 Å². The molecule has 9 nitrogen and oxygen atoms in total. The molecule has 1 aliphatic rings. The molecule has 0 bridgehead atoms. The quantitative estimate of drug-likeness (QED) is 0.226. The molecule has 1 saturated heterocycles. The van der Waals surface area contributed by atoms with E-state index in [2.05, 4.69) is 10.1 Å². The lowest BCUT2D eigenvalue weighted by Crippen LogP contribution is -2.67. The minimum Gasteiger partial charge on any atom is -0.465 e. The van der Waals surface area contributed by atoms with E-state index < -0.39 is 55.2 Å². The first kappa shape index (κ1) is 19.2. The Bertz CT molecular complexity index is 422. The Labute approximate surface area is 132 Å². The number of aliphatic hydroxyl groups is 5. The summed E-state index contributed by atoms with van der Waals surface area (Å²) >= 11 is 4.87. The molecular weight excluding hydrogens is 318 g/mol. The summed E-state index contributed by atoms with van der Waals surface area (Å²) in [5, 5.41) is 51.5. The number of carbonyl (C=O) groups is 1. The van der Waals surface area contributed by atoms with Gasteiger partial charge in [-0.05, 0) is 6.92 Å². The van der Waals surface area contributed by atoms with Gasteiger partial charge in [0.05, 0.1) is 30.9 Å². The first-order valence-electron chi connectivity index (χ1n) is 6.57. The van der Waals surface area contributed by atoms with Gasteiger partial charge in [-0.25, -0.2) is 4.79 Å². The van der Waals surface area contributed by atoms with Crippen LogP contribution >= 0.6 is 12.2 Å². The average molecular weight is 339 g/mol. The molecule has 1 heterocycles. The molecule has 0 spiro atoms. The van der Waals surface area contributed by atoms with Crippen molar-refractivity contribution in [3.8, 4) is 0 Å². The number of carbonyl (C=O) groups excluding carboxylic acids is 1. The Hall–Kier alpha value is -0.880. The topological polar surface area (TPSA) is 149 Å². The van der Waals surface area contributed by atoms with Crippen LogP contribution in [0.2, 0.25) is 0 Å². The first-order valence-corrected chi connectivity index (χ1v) is 6.98. The van der Waals surface area contributed by atoms with E-state index in [1.165, 1.54) is 6.92 Å². The van der Waals surface area contributed by atoms with Crippen LogP contribution in [0, 0.1) is 0 Å². The van der Waals surface area contributed by atoms with Gasteiger partial charge in [-0.2, -0.15) is 0 Å². The molecule has 1 fully saturated rings. The van der Waals surface area contributed by atoms with Crippen LogP contribution in [0.3, 0.4) is 0 Å². The fraction of sp³-hybridized carbons (Fsp3) is 0.833. The number of nitrogens with one attached hydrogen (secondary N) is 1. The van der Waals surface area contributed by atoms with Gasteiger partial charge in [-0.15, -0.1) is 0 Å². The van der Waals surface area contributed by atoms with Gasteiger partial charge in [0.1, 0.15) is 18.3 Å². The van der Waals surface area contributed by atoms with Gasteiger partial charge in [0.15, 0.2) is 0 Å². The van der Waals surface area contributed by atoms with Crippen LogP contribution in [0.25, 0.3) is 0 Å². The lowest BCUT2D eigenvalue weighted by atomic mass is 9.88. The first-order chi connectivity index (χ1) is 10.2. The number of hydrogen-bond acceptors (Lipinski definition) is 9. The van der Waals surface area contributed by atoms with E-state index in [-0.39, 0.29) is 4.99 Å². The lowest BCUT2D eigenvalue weighted by molar-refractivity contribution is -0.295. The van der Waals surface area contributed by atoms with Gasteiger partial charge in [0.2, 0.25) is 0 Å². The molecule has 0 aromatic rings. The van der Waals surface area contributed by atoms with Gasteiger partial charge in [-0.1, -0.05) is 12.2 Å². The molecule has 6 atom stereocenters. The molecule has 10 heteroatoms. The van der Waals surface area contributed by atoms with E-state index in [4.69, 9.17) is 22.1 Å². The zero-order valence-corrected chi connectivity index (χ0v) is 13.0. The third-order valence-electron chi connectivity index (χ3n) is 3.38. The molecule has 1 aliphatic heterocycles. The van der Waals surface area contributed by atoms with Crippen LogP contribution < -0.4 is 5.32 Å². The van der Waals surface area contributed by atoms with Crippen molar-refractivity contribution in [2.45, 2.75) is 49.6 Å². The van der Waals surface area contributed by atoms with Gasteiger partial charge in [0, 0.05) is 6.42 Å². The van der Waals surface area contributed by atoms with E-state index in [1.54, 1.807) is 0 Å². The fourth-order valence-corrected chi connectivity index (χ4v) is 2.43. The average Bonchev–Trinajstić information content (AvgIpc) is 2.46. The Kier molecular flexibility index (Phi) is 6.62. The summed E-state index contributed by atoms with van der Waals surface area (Å²) < 4.78 is 9.58. The van der Waals surface area contributed by atoms with E-state index in [0.717, 1.165) is 7.11 Å². The minimum atomic E-state index is -2.48. The highest BCUT2D eigenvalue weighted by atomic mass is 32.1. The van der Waals surface area contributed by atoms with Crippen LogP contribution in [0.15, 0.2) is 0 Å². The molecule has 0 saturated carbocycles. The van der Waals surface area contributed by atoms with Gasteiger partial charge >= 0.3 is 5.97 Å². The highest BCUT2D eigenvalue weighted by Crippen LogP contribution is 2.31. The molecule has 0 radical (unpaired) electrons. The molecule has 0 aromatic carbocycles. The summed E-state index contributed by atoms with van der Waals surface area (Å²) in [5.74, 6) is -3.64. The second-order valence-corrected chi connectivity index (χ2v) is 5.71. The highest BCUT2D eigenvalue weighted by Gasteiger charge is 2.54.